The molecular formula is C20H18N4O3. The molecule has 1 fully saturated rings. The summed E-state index contributed by atoms with van der Waals surface area (Å²) in [6, 6.07) is 12.2. The second-order valence-corrected chi connectivity index (χ2v) is 6.56. The van der Waals surface area contributed by atoms with Crippen LogP contribution in [0, 0.1) is 10.1 Å². The summed E-state index contributed by atoms with van der Waals surface area (Å²) < 4.78 is 1.99. The Labute approximate surface area is 155 Å². The number of fused-ring (bicyclic) bond motifs is 1. The lowest BCUT2D eigenvalue weighted by molar-refractivity contribution is -0.384. The van der Waals surface area contributed by atoms with Crippen LogP contribution in [-0.2, 0) is 11.3 Å². The Morgan fingerprint density at radius 1 is 1.26 bits per heavy atom. The first-order valence-corrected chi connectivity index (χ1v) is 8.76. The Hall–Kier alpha value is -3.48. The molecule has 0 atom stereocenters. The van der Waals surface area contributed by atoms with Gasteiger partial charge in [0.25, 0.3) is 5.69 Å². The van der Waals surface area contributed by atoms with Gasteiger partial charge in [0, 0.05) is 30.4 Å². The lowest BCUT2D eigenvalue weighted by Crippen LogP contribution is -2.31. The van der Waals surface area contributed by atoms with Crippen LogP contribution in [0.4, 0.5) is 5.69 Å². The van der Waals surface area contributed by atoms with Crippen molar-refractivity contribution in [3.63, 3.8) is 0 Å². The molecule has 0 radical (unpaired) electrons. The highest BCUT2D eigenvalue weighted by atomic mass is 16.6. The summed E-state index contributed by atoms with van der Waals surface area (Å²) in [5, 5.41) is 10.7. The molecule has 7 nitrogen and oxygen atoms in total. The maximum Gasteiger partial charge on any atom is 0.269 e. The molecule has 1 aliphatic rings. The molecule has 4 rings (SSSR count). The third-order valence-electron chi connectivity index (χ3n) is 4.62. The molecule has 0 aliphatic heterocycles. The van der Waals surface area contributed by atoms with Crippen LogP contribution in [-0.4, -0.2) is 31.2 Å². The molecule has 0 N–H and O–H groups in total. The molecule has 2 heterocycles. The third-order valence-corrected chi connectivity index (χ3v) is 4.62. The number of rotatable bonds is 6. The van der Waals surface area contributed by atoms with Crippen LogP contribution >= 0.6 is 0 Å². The van der Waals surface area contributed by atoms with Crippen molar-refractivity contribution in [1.82, 2.24) is 14.3 Å². The van der Waals surface area contributed by atoms with Crippen LogP contribution in [0.5, 0.6) is 0 Å². The van der Waals surface area contributed by atoms with E-state index in [1.54, 1.807) is 24.4 Å². The Balaban J connectivity index is 1.50. The summed E-state index contributed by atoms with van der Waals surface area (Å²) in [4.78, 5) is 29.2. The van der Waals surface area contributed by atoms with Crippen molar-refractivity contribution < 1.29 is 9.72 Å². The topological polar surface area (TPSA) is 80.8 Å². The predicted octanol–water partition coefficient (Wildman–Crippen LogP) is 3.45. The van der Waals surface area contributed by atoms with Gasteiger partial charge in [0.2, 0.25) is 5.91 Å². The molecule has 1 aromatic carbocycles. The number of aromatic nitrogens is 2. The molecule has 0 unspecified atom stereocenters. The van der Waals surface area contributed by atoms with E-state index in [0.717, 1.165) is 29.7 Å². The van der Waals surface area contributed by atoms with Crippen molar-refractivity contribution >= 4 is 23.3 Å². The summed E-state index contributed by atoms with van der Waals surface area (Å²) in [5.41, 5.74) is 2.61. The van der Waals surface area contributed by atoms with Gasteiger partial charge in [0.15, 0.2) is 0 Å². The van der Waals surface area contributed by atoms with Crippen LogP contribution in [0.2, 0.25) is 0 Å². The van der Waals surface area contributed by atoms with Crippen molar-refractivity contribution in [1.29, 1.82) is 0 Å². The standard InChI is InChI=1S/C20H18N4O3/c25-20(11-6-15-4-7-17(8-5-15)24(26)27)23(16-9-10-16)14-18-13-21-19-3-1-2-12-22(18)19/h1-8,11-13,16H,9-10,14H2/b11-6+. The highest BCUT2D eigenvalue weighted by Gasteiger charge is 2.32. The van der Waals surface area contributed by atoms with Gasteiger partial charge in [-0.15, -0.1) is 0 Å². The monoisotopic (exact) mass is 362 g/mol. The highest BCUT2D eigenvalue weighted by molar-refractivity contribution is 5.92. The molecule has 3 aromatic rings. The zero-order valence-electron chi connectivity index (χ0n) is 14.6. The molecule has 0 bridgehead atoms. The minimum atomic E-state index is -0.441. The molecule has 7 heteroatoms. The summed E-state index contributed by atoms with van der Waals surface area (Å²) in [7, 11) is 0. The van der Waals surface area contributed by atoms with Gasteiger partial charge in [0.05, 0.1) is 23.4 Å². The van der Waals surface area contributed by atoms with Crippen LogP contribution in [0.25, 0.3) is 11.7 Å². The minimum absolute atomic E-state index is 0.0331. The number of nitro groups is 1. The quantitative estimate of drug-likeness (QED) is 0.382. The van der Waals surface area contributed by atoms with E-state index in [9.17, 15) is 14.9 Å². The zero-order valence-corrected chi connectivity index (χ0v) is 14.6. The average molecular weight is 362 g/mol. The summed E-state index contributed by atoms with van der Waals surface area (Å²) >= 11 is 0. The Bertz CT molecular complexity index is 1020. The van der Waals surface area contributed by atoms with E-state index >= 15 is 0 Å². The Morgan fingerprint density at radius 3 is 2.74 bits per heavy atom. The summed E-state index contributed by atoms with van der Waals surface area (Å²) in [6.45, 7) is 0.499. The number of carbonyl (C=O) groups excluding carboxylic acids is 1. The van der Waals surface area contributed by atoms with E-state index in [1.165, 1.54) is 18.2 Å². The van der Waals surface area contributed by atoms with Crippen LogP contribution < -0.4 is 0 Å². The fourth-order valence-corrected chi connectivity index (χ4v) is 3.02. The van der Waals surface area contributed by atoms with Crippen molar-refractivity contribution in [2.45, 2.75) is 25.4 Å². The number of amides is 1. The fraction of sp³-hybridized carbons (Fsp3) is 0.200. The molecular weight excluding hydrogens is 344 g/mol. The van der Waals surface area contributed by atoms with Gasteiger partial charge in [-0.25, -0.2) is 4.98 Å². The number of benzene rings is 1. The predicted molar refractivity (Wildman–Crippen MR) is 101 cm³/mol. The molecule has 1 aliphatic carbocycles. The number of imidazole rings is 1. The lowest BCUT2D eigenvalue weighted by Gasteiger charge is -2.20. The molecule has 1 amide bonds. The Morgan fingerprint density at radius 2 is 2.04 bits per heavy atom. The number of hydrogen-bond donors (Lipinski definition) is 0. The van der Waals surface area contributed by atoms with Crippen LogP contribution in [0.3, 0.4) is 0 Å². The van der Waals surface area contributed by atoms with Gasteiger partial charge in [0.1, 0.15) is 5.65 Å². The van der Waals surface area contributed by atoms with Crippen LogP contribution in [0.15, 0.2) is 60.9 Å². The van der Waals surface area contributed by atoms with Gasteiger partial charge >= 0.3 is 0 Å². The van der Waals surface area contributed by atoms with Crippen LogP contribution in [0.1, 0.15) is 24.1 Å². The summed E-state index contributed by atoms with van der Waals surface area (Å²) in [5.74, 6) is -0.0678. The zero-order chi connectivity index (χ0) is 18.8. The number of nitrogens with zero attached hydrogens (tertiary/aromatic N) is 4. The maximum atomic E-state index is 12.7. The van der Waals surface area contributed by atoms with Crippen molar-refractivity contribution in [2.75, 3.05) is 0 Å². The fourth-order valence-electron chi connectivity index (χ4n) is 3.02. The number of carbonyl (C=O) groups is 1. The van der Waals surface area contributed by atoms with E-state index in [0.29, 0.717) is 6.54 Å². The first-order valence-electron chi connectivity index (χ1n) is 8.76. The maximum absolute atomic E-state index is 12.7. The largest absolute Gasteiger partial charge is 0.330 e. The van der Waals surface area contributed by atoms with Gasteiger partial charge in [-0.2, -0.15) is 0 Å². The Kier molecular flexibility index (Phi) is 4.42. The number of pyridine rings is 1. The highest BCUT2D eigenvalue weighted by Crippen LogP contribution is 2.29. The third kappa shape index (κ3) is 3.72. The van der Waals surface area contributed by atoms with Crippen molar-refractivity contribution in [3.05, 3.63) is 82.3 Å². The molecule has 0 saturated heterocycles. The number of nitro benzene ring substituents is 1. The van der Waals surface area contributed by atoms with Gasteiger partial charge in [-0.05, 0) is 48.7 Å². The second-order valence-electron chi connectivity index (χ2n) is 6.56. The van der Waals surface area contributed by atoms with Gasteiger partial charge in [-0.1, -0.05) is 6.07 Å². The second kappa shape index (κ2) is 7.03. The molecule has 27 heavy (non-hydrogen) atoms. The molecule has 0 spiro atoms. The van der Waals surface area contributed by atoms with Crippen molar-refractivity contribution in [2.24, 2.45) is 0 Å². The van der Waals surface area contributed by atoms with E-state index < -0.39 is 4.92 Å². The molecule has 1 saturated carbocycles. The van der Waals surface area contributed by atoms with E-state index in [2.05, 4.69) is 4.98 Å². The first-order chi connectivity index (χ1) is 13.1. The smallest absolute Gasteiger partial charge is 0.269 e. The van der Waals surface area contributed by atoms with E-state index in [-0.39, 0.29) is 17.6 Å². The minimum Gasteiger partial charge on any atom is -0.330 e. The number of non-ortho nitro benzene ring substituents is 1. The molecule has 136 valence electrons. The number of hydrogen-bond acceptors (Lipinski definition) is 4. The van der Waals surface area contributed by atoms with E-state index in [1.807, 2.05) is 33.7 Å². The van der Waals surface area contributed by atoms with Gasteiger partial charge in [-0.3, -0.25) is 14.9 Å². The molecule has 2 aromatic heterocycles. The first kappa shape index (κ1) is 17.0. The normalized spacial score (nSPS) is 13.9. The summed E-state index contributed by atoms with van der Waals surface area (Å²) in [6.07, 6.45) is 8.98. The average Bonchev–Trinajstić information content (AvgIpc) is 3.45. The van der Waals surface area contributed by atoms with Gasteiger partial charge < -0.3 is 9.30 Å². The van der Waals surface area contributed by atoms with E-state index in [4.69, 9.17) is 0 Å². The van der Waals surface area contributed by atoms with Crippen molar-refractivity contribution in [3.8, 4) is 0 Å². The SMILES string of the molecule is O=C(/C=C/c1ccc([N+](=O)[O-])cc1)N(Cc1cnc2ccccn12)C1CC1. The lowest BCUT2D eigenvalue weighted by atomic mass is 10.2.